The highest BCUT2D eigenvalue weighted by atomic mass is 19.4. The molecule has 1 rings (SSSR count). The van der Waals surface area contributed by atoms with E-state index in [1.54, 1.807) is 30.3 Å². The van der Waals surface area contributed by atoms with Crippen LogP contribution < -0.4 is 0 Å². The summed E-state index contributed by atoms with van der Waals surface area (Å²) in [6, 6.07) is 8.22. The first-order valence-electron chi connectivity index (χ1n) is 4.75. The van der Waals surface area contributed by atoms with Gasteiger partial charge in [-0.3, -0.25) is 0 Å². The van der Waals surface area contributed by atoms with Crippen molar-refractivity contribution in [1.82, 2.24) is 0 Å². The lowest BCUT2D eigenvalue weighted by Gasteiger charge is -2.23. The van der Waals surface area contributed by atoms with Crippen molar-refractivity contribution < 1.29 is 27.8 Å². The van der Waals surface area contributed by atoms with Gasteiger partial charge in [0.05, 0.1) is 0 Å². The molecule has 0 fully saturated rings. The third kappa shape index (κ3) is 3.20. The monoisotopic (exact) mass is 248 g/mol. The van der Waals surface area contributed by atoms with Crippen molar-refractivity contribution >= 4 is 5.97 Å². The number of benzene rings is 1. The van der Waals surface area contributed by atoms with Crippen LogP contribution in [0.25, 0.3) is 0 Å². The Morgan fingerprint density at radius 1 is 1.29 bits per heavy atom. The second-order valence-electron chi connectivity index (χ2n) is 3.63. The number of hydrogen-bond donors (Lipinski definition) is 1. The van der Waals surface area contributed by atoms with E-state index in [1.807, 2.05) is 0 Å². The lowest BCUT2D eigenvalue weighted by molar-refractivity contribution is -0.257. The molecule has 1 atom stereocenters. The minimum absolute atomic E-state index is 0.314. The smallest absolute Gasteiger partial charge is 0.427 e. The molecule has 6 heteroatoms. The molecule has 1 aromatic rings. The van der Waals surface area contributed by atoms with Crippen LogP contribution in [0.5, 0.6) is 0 Å². The Kier molecular flexibility index (Phi) is 3.77. The van der Waals surface area contributed by atoms with Crippen molar-refractivity contribution in [3.05, 3.63) is 35.9 Å². The Labute approximate surface area is 95.8 Å². The molecule has 0 saturated heterocycles. The first-order chi connectivity index (χ1) is 7.75. The summed E-state index contributed by atoms with van der Waals surface area (Å²) >= 11 is 0. The first-order valence-corrected chi connectivity index (χ1v) is 4.75. The SMILES string of the molecule is C[C@@](O)(C(=O)OCc1ccccc1)C(F)(F)F. The molecule has 0 heterocycles. The lowest BCUT2D eigenvalue weighted by Crippen LogP contribution is -2.50. The van der Waals surface area contributed by atoms with Crippen molar-refractivity contribution in [3.8, 4) is 0 Å². The number of alkyl halides is 3. The van der Waals surface area contributed by atoms with E-state index in [0.29, 0.717) is 12.5 Å². The summed E-state index contributed by atoms with van der Waals surface area (Å²) in [4.78, 5) is 11.1. The number of ether oxygens (including phenoxy) is 1. The zero-order chi connectivity index (χ0) is 13.1. The van der Waals surface area contributed by atoms with Crippen molar-refractivity contribution in [2.45, 2.75) is 25.3 Å². The summed E-state index contributed by atoms with van der Waals surface area (Å²) in [5, 5.41) is 9.00. The quantitative estimate of drug-likeness (QED) is 0.833. The standard InChI is InChI=1S/C11H11F3O3/c1-10(16,11(12,13)14)9(15)17-7-8-5-3-2-4-6-8/h2-6,16H,7H2,1H3/t10-/m1/s1. The lowest BCUT2D eigenvalue weighted by atomic mass is 10.1. The van der Waals surface area contributed by atoms with Crippen LogP contribution in [0.15, 0.2) is 30.3 Å². The van der Waals surface area contributed by atoms with Crippen LogP contribution in [-0.2, 0) is 16.1 Å². The number of rotatable bonds is 3. The Morgan fingerprint density at radius 3 is 2.29 bits per heavy atom. The van der Waals surface area contributed by atoms with Gasteiger partial charge in [-0.05, 0) is 12.5 Å². The zero-order valence-corrected chi connectivity index (χ0v) is 8.99. The molecule has 1 N–H and O–H groups in total. The molecule has 0 aromatic heterocycles. The van der Waals surface area contributed by atoms with E-state index in [0.717, 1.165) is 0 Å². The van der Waals surface area contributed by atoms with Crippen molar-refractivity contribution in [2.75, 3.05) is 0 Å². The maximum absolute atomic E-state index is 12.3. The summed E-state index contributed by atoms with van der Waals surface area (Å²) < 4.78 is 41.2. The largest absolute Gasteiger partial charge is 0.458 e. The number of aliphatic hydroxyl groups is 1. The van der Waals surface area contributed by atoms with Crippen molar-refractivity contribution in [2.24, 2.45) is 0 Å². The van der Waals surface area contributed by atoms with Crippen LogP contribution in [0.2, 0.25) is 0 Å². The maximum atomic E-state index is 12.3. The maximum Gasteiger partial charge on any atom is 0.427 e. The average molecular weight is 248 g/mol. The number of carbonyl (C=O) groups excluding carboxylic acids is 1. The van der Waals surface area contributed by atoms with Crippen LogP contribution in [0, 0.1) is 0 Å². The molecule has 0 aliphatic heterocycles. The molecule has 0 amide bonds. The molecular formula is C11H11F3O3. The van der Waals surface area contributed by atoms with Gasteiger partial charge in [-0.1, -0.05) is 30.3 Å². The Morgan fingerprint density at radius 2 is 1.82 bits per heavy atom. The van der Waals surface area contributed by atoms with Crippen LogP contribution >= 0.6 is 0 Å². The molecule has 94 valence electrons. The predicted octanol–water partition coefficient (Wildman–Crippen LogP) is 2.04. The van der Waals surface area contributed by atoms with Crippen molar-refractivity contribution in [1.29, 1.82) is 0 Å². The minimum atomic E-state index is -5.05. The fourth-order valence-electron chi connectivity index (χ4n) is 0.979. The van der Waals surface area contributed by atoms with Gasteiger partial charge >= 0.3 is 12.1 Å². The van der Waals surface area contributed by atoms with Gasteiger partial charge in [0.25, 0.3) is 5.60 Å². The minimum Gasteiger partial charge on any atom is -0.458 e. The van der Waals surface area contributed by atoms with Gasteiger partial charge in [0.2, 0.25) is 0 Å². The van der Waals surface area contributed by atoms with Crippen molar-refractivity contribution in [3.63, 3.8) is 0 Å². The summed E-state index contributed by atoms with van der Waals surface area (Å²) in [6.07, 6.45) is -5.05. The summed E-state index contributed by atoms with van der Waals surface area (Å²) in [7, 11) is 0. The van der Waals surface area contributed by atoms with E-state index >= 15 is 0 Å². The van der Waals surface area contributed by atoms with Gasteiger partial charge in [0.1, 0.15) is 6.61 Å². The Hall–Kier alpha value is -1.56. The summed E-state index contributed by atoms with van der Waals surface area (Å²) in [5.74, 6) is -1.71. The molecule has 0 bridgehead atoms. The average Bonchev–Trinajstić information content (AvgIpc) is 2.25. The van der Waals surface area contributed by atoms with Gasteiger partial charge in [-0.15, -0.1) is 0 Å². The Bertz CT molecular complexity index is 385. The van der Waals surface area contributed by atoms with E-state index in [-0.39, 0.29) is 6.61 Å². The third-order valence-corrected chi connectivity index (χ3v) is 2.16. The fraction of sp³-hybridized carbons (Fsp3) is 0.364. The Balaban J connectivity index is 2.62. The molecule has 0 aliphatic carbocycles. The molecule has 1 aromatic carbocycles. The number of hydrogen-bond acceptors (Lipinski definition) is 3. The normalized spacial score (nSPS) is 15.1. The van der Waals surface area contributed by atoms with Gasteiger partial charge < -0.3 is 9.84 Å². The summed E-state index contributed by atoms with van der Waals surface area (Å²) in [5.41, 5.74) is -2.94. The van der Waals surface area contributed by atoms with E-state index in [1.165, 1.54) is 0 Å². The van der Waals surface area contributed by atoms with Gasteiger partial charge in [0, 0.05) is 0 Å². The molecule has 0 spiro atoms. The fourth-order valence-corrected chi connectivity index (χ4v) is 0.979. The van der Waals surface area contributed by atoms with Gasteiger partial charge in [-0.2, -0.15) is 13.2 Å². The molecule has 0 unspecified atom stereocenters. The highest BCUT2D eigenvalue weighted by Crippen LogP contribution is 2.31. The van der Waals surface area contributed by atoms with Gasteiger partial charge in [-0.25, -0.2) is 4.79 Å². The molecular weight excluding hydrogens is 237 g/mol. The molecule has 17 heavy (non-hydrogen) atoms. The molecule has 0 radical (unpaired) electrons. The second-order valence-corrected chi connectivity index (χ2v) is 3.63. The van der Waals surface area contributed by atoms with E-state index in [4.69, 9.17) is 5.11 Å². The zero-order valence-electron chi connectivity index (χ0n) is 8.99. The molecule has 3 nitrogen and oxygen atoms in total. The van der Waals surface area contributed by atoms with Crippen LogP contribution in [0.4, 0.5) is 13.2 Å². The summed E-state index contributed by atoms with van der Waals surface area (Å²) in [6.45, 7) is 0.0478. The predicted molar refractivity (Wildman–Crippen MR) is 52.9 cm³/mol. The van der Waals surface area contributed by atoms with Crippen LogP contribution in [0.3, 0.4) is 0 Å². The third-order valence-electron chi connectivity index (χ3n) is 2.16. The highest BCUT2D eigenvalue weighted by Gasteiger charge is 2.57. The van der Waals surface area contributed by atoms with Crippen LogP contribution in [0.1, 0.15) is 12.5 Å². The second kappa shape index (κ2) is 4.75. The number of carbonyl (C=O) groups is 1. The molecule has 0 aliphatic rings. The van der Waals surface area contributed by atoms with Gasteiger partial charge in [0.15, 0.2) is 0 Å². The number of halogens is 3. The topological polar surface area (TPSA) is 46.5 Å². The highest BCUT2D eigenvalue weighted by molar-refractivity contribution is 5.79. The molecule has 0 saturated carbocycles. The van der Waals surface area contributed by atoms with E-state index in [9.17, 15) is 18.0 Å². The van der Waals surface area contributed by atoms with E-state index in [2.05, 4.69) is 4.74 Å². The van der Waals surface area contributed by atoms with Crippen LogP contribution in [-0.4, -0.2) is 22.9 Å². The number of esters is 1. The first kappa shape index (κ1) is 13.5. The van der Waals surface area contributed by atoms with E-state index < -0.39 is 17.7 Å².